The summed E-state index contributed by atoms with van der Waals surface area (Å²) in [6.45, 7) is 4.06. The third-order valence-corrected chi connectivity index (χ3v) is 3.52. The Hall–Kier alpha value is -3.26. The molecule has 0 unspecified atom stereocenters. The van der Waals surface area contributed by atoms with Gasteiger partial charge in [0.05, 0.1) is 24.2 Å². The number of rotatable bonds is 8. The third-order valence-electron chi connectivity index (χ3n) is 3.52. The standard InChI is InChI=1S/C19H21N3O5/c1-13(2)27-12-14-5-3-7-16(9-14)21-18(23)11-20-19(24)15-6-4-8-17(10-15)22(25)26/h3-10,13H,11-12H2,1-2H3,(H,20,24)(H,21,23). The monoisotopic (exact) mass is 371 g/mol. The number of nitrogens with zero attached hydrogens (tertiary/aromatic N) is 1. The van der Waals surface area contributed by atoms with Gasteiger partial charge < -0.3 is 15.4 Å². The van der Waals surface area contributed by atoms with E-state index in [-0.39, 0.29) is 23.9 Å². The molecule has 0 radical (unpaired) electrons. The molecule has 8 nitrogen and oxygen atoms in total. The molecule has 2 amide bonds. The molecule has 0 saturated heterocycles. The van der Waals surface area contributed by atoms with Crippen LogP contribution in [0.25, 0.3) is 0 Å². The van der Waals surface area contributed by atoms with Gasteiger partial charge in [-0.2, -0.15) is 0 Å². The van der Waals surface area contributed by atoms with Crippen molar-refractivity contribution in [3.05, 3.63) is 69.8 Å². The Balaban J connectivity index is 1.89. The zero-order valence-electron chi connectivity index (χ0n) is 15.1. The van der Waals surface area contributed by atoms with Crippen LogP contribution in [0.4, 0.5) is 11.4 Å². The second kappa shape index (κ2) is 9.44. The molecule has 8 heteroatoms. The van der Waals surface area contributed by atoms with E-state index in [1.807, 2.05) is 19.9 Å². The molecule has 0 aliphatic heterocycles. The van der Waals surface area contributed by atoms with Crippen LogP contribution in [0.1, 0.15) is 29.8 Å². The summed E-state index contributed by atoms with van der Waals surface area (Å²) in [5, 5.41) is 15.9. The number of ether oxygens (including phenoxy) is 1. The van der Waals surface area contributed by atoms with Gasteiger partial charge in [-0.15, -0.1) is 0 Å². The zero-order valence-corrected chi connectivity index (χ0v) is 15.1. The van der Waals surface area contributed by atoms with Crippen molar-refractivity contribution in [3.8, 4) is 0 Å². The fourth-order valence-electron chi connectivity index (χ4n) is 2.23. The van der Waals surface area contributed by atoms with Crippen molar-refractivity contribution < 1.29 is 19.2 Å². The van der Waals surface area contributed by atoms with E-state index in [2.05, 4.69) is 10.6 Å². The molecule has 0 aliphatic rings. The number of anilines is 1. The van der Waals surface area contributed by atoms with E-state index < -0.39 is 16.7 Å². The first-order chi connectivity index (χ1) is 12.8. The van der Waals surface area contributed by atoms with Crippen LogP contribution in [0, 0.1) is 10.1 Å². The molecular formula is C19H21N3O5. The lowest BCUT2D eigenvalue weighted by molar-refractivity contribution is -0.384. The molecule has 0 aliphatic carbocycles. The Kier molecular flexibility index (Phi) is 7.01. The number of nitrogens with one attached hydrogen (secondary N) is 2. The van der Waals surface area contributed by atoms with Gasteiger partial charge in [-0.3, -0.25) is 19.7 Å². The van der Waals surface area contributed by atoms with Crippen molar-refractivity contribution in [2.45, 2.75) is 26.6 Å². The lowest BCUT2D eigenvalue weighted by atomic mass is 10.2. The van der Waals surface area contributed by atoms with Gasteiger partial charge in [0.1, 0.15) is 0 Å². The highest BCUT2D eigenvalue weighted by Crippen LogP contribution is 2.14. The van der Waals surface area contributed by atoms with E-state index >= 15 is 0 Å². The summed E-state index contributed by atoms with van der Waals surface area (Å²) in [5.41, 5.74) is 1.44. The largest absolute Gasteiger partial charge is 0.374 e. The Morgan fingerprint density at radius 2 is 1.89 bits per heavy atom. The summed E-state index contributed by atoms with van der Waals surface area (Å²) in [4.78, 5) is 34.3. The maximum absolute atomic E-state index is 12.0. The molecule has 0 heterocycles. The zero-order chi connectivity index (χ0) is 19.8. The highest BCUT2D eigenvalue weighted by molar-refractivity contribution is 5.99. The average Bonchev–Trinajstić information content (AvgIpc) is 2.65. The summed E-state index contributed by atoms with van der Waals surface area (Å²) in [7, 11) is 0. The van der Waals surface area contributed by atoms with Crippen LogP contribution in [0.15, 0.2) is 48.5 Å². The predicted octanol–water partition coefficient (Wildman–Crippen LogP) is 2.89. The molecule has 0 atom stereocenters. The van der Waals surface area contributed by atoms with Crippen molar-refractivity contribution in [2.24, 2.45) is 0 Å². The Labute approximate surface area is 156 Å². The molecule has 0 spiro atoms. The van der Waals surface area contributed by atoms with E-state index in [1.54, 1.807) is 18.2 Å². The van der Waals surface area contributed by atoms with Crippen molar-refractivity contribution in [2.75, 3.05) is 11.9 Å². The molecule has 0 fully saturated rings. The van der Waals surface area contributed by atoms with Crippen LogP contribution in [-0.2, 0) is 16.1 Å². The van der Waals surface area contributed by atoms with Crippen molar-refractivity contribution in [1.82, 2.24) is 5.32 Å². The first-order valence-electron chi connectivity index (χ1n) is 8.38. The number of carbonyl (C=O) groups excluding carboxylic acids is 2. The van der Waals surface area contributed by atoms with E-state index in [9.17, 15) is 19.7 Å². The van der Waals surface area contributed by atoms with E-state index in [0.717, 1.165) is 11.6 Å². The molecule has 0 bridgehead atoms. The molecule has 2 aromatic rings. The quantitative estimate of drug-likeness (QED) is 0.547. The Morgan fingerprint density at radius 1 is 1.15 bits per heavy atom. The fraction of sp³-hybridized carbons (Fsp3) is 0.263. The minimum absolute atomic E-state index is 0.104. The van der Waals surface area contributed by atoms with Gasteiger partial charge in [-0.05, 0) is 37.6 Å². The normalized spacial score (nSPS) is 10.5. The van der Waals surface area contributed by atoms with Gasteiger partial charge in [-0.1, -0.05) is 18.2 Å². The second-order valence-electron chi connectivity index (χ2n) is 6.10. The van der Waals surface area contributed by atoms with Crippen LogP contribution in [0.3, 0.4) is 0 Å². The molecule has 27 heavy (non-hydrogen) atoms. The summed E-state index contributed by atoms with van der Waals surface area (Å²) in [6.07, 6.45) is 0.104. The molecular weight excluding hydrogens is 350 g/mol. The predicted molar refractivity (Wildman–Crippen MR) is 100 cm³/mol. The van der Waals surface area contributed by atoms with Crippen LogP contribution in [-0.4, -0.2) is 29.4 Å². The van der Waals surface area contributed by atoms with Crippen molar-refractivity contribution in [1.29, 1.82) is 0 Å². The number of amides is 2. The third kappa shape index (κ3) is 6.52. The first kappa shape index (κ1) is 20.1. The maximum Gasteiger partial charge on any atom is 0.270 e. The highest BCUT2D eigenvalue weighted by atomic mass is 16.6. The van der Waals surface area contributed by atoms with Gasteiger partial charge in [0, 0.05) is 23.4 Å². The number of hydrogen-bond donors (Lipinski definition) is 2. The molecule has 2 rings (SSSR count). The lowest BCUT2D eigenvalue weighted by Gasteiger charge is -2.10. The molecule has 0 aromatic heterocycles. The highest BCUT2D eigenvalue weighted by Gasteiger charge is 2.12. The summed E-state index contributed by atoms with van der Waals surface area (Å²) in [5.74, 6) is -0.969. The van der Waals surface area contributed by atoms with Gasteiger partial charge >= 0.3 is 0 Å². The van der Waals surface area contributed by atoms with E-state index in [1.165, 1.54) is 18.2 Å². The number of non-ortho nitro benzene ring substituents is 1. The minimum atomic E-state index is -0.584. The van der Waals surface area contributed by atoms with Gasteiger partial charge in [0.15, 0.2) is 0 Å². The molecule has 2 N–H and O–H groups in total. The van der Waals surface area contributed by atoms with Crippen LogP contribution < -0.4 is 10.6 Å². The minimum Gasteiger partial charge on any atom is -0.374 e. The summed E-state index contributed by atoms with van der Waals surface area (Å²) < 4.78 is 5.52. The number of hydrogen-bond acceptors (Lipinski definition) is 5. The number of nitro groups is 1. The number of nitro benzene ring substituents is 1. The van der Waals surface area contributed by atoms with Gasteiger partial charge in [0.25, 0.3) is 11.6 Å². The summed E-state index contributed by atoms with van der Waals surface area (Å²) in [6, 6.07) is 12.5. The number of benzene rings is 2. The van der Waals surface area contributed by atoms with Crippen LogP contribution in [0.5, 0.6) is 0 Å². The summed E-state index contributed by atoms with van der Waals surface area (Å²) >= 11 is 0. The molecule has 2 aromatic carbocycles. The molecule has 0 saturated carbocycles. The molecule has 142 valence electrons. The van der Waals surface area contributed by atoms with E-state index in [4.69, 9.17) is 4.74 Å². The first-order valence-corrected chi connectivity index (χ1v) is 8.38. The van der Waals surface area contributed by atoms with Crippen molar-refractivity contribution in [3.63, 3.8) is 0 Å². The number of carbonyl (C=O) groups is 2. The van der Waals surface area contributed by atoms with Crippen LogP contribution in [0.2, 0.25) is 0 Å². The van der Waals surface area contributed by atoms with Gasteiger partial charge in [0.2, 0.25) is 5.91 Å². The van der Waals surface area contributed by atoms with Crippen molar-refractivity contribution >= 4 is 23.2 Å². The van der Waals surface area contributed by atoms with E-state index in [0.29, 0.717) is 12.3 Å². The second-order valence-corrected chi connectivity index (χ2v) is 6.10. The smallest absolute Gasteiger partial charge is 0.270 e. The lowest BCUT2D eigenvalue weighted by Crippen LogP contribution is -2.32. The Bertz CT molecular complexity index is 836. The van der Waals surface area contributed by atoms with Crippen LogP contribution >= 0.6 is 0 Å². The average molecular weight is 371 g/mol. The Morgan fingerprint density at radius 3 is 2.59 bits per heavy atom. The van der Waals surface area contributed by atoms with Gasteiger partial charge in [-0.25, -0.2) is 0 Å². The fourth-order valence-corrected chi connectivity index (χ4v) is 2.23. The SMILES string of the molecule is CC(C)OCc1cccc(NC(=O)CNC(=O)c2cccc([N+](=O)[O-])c2)c1. The topological polar surface area (TPSA) is 111 Å². The maximum atomic E-state index is 12.0.